The molecule has 1 saturated heterocycles. The zero-order valence-electron chi connectivity index (χ0n) is 10.5. The van der Waals surface area contributed by atoms with E-state index >= 15 is 0 Å². The van der Waals surface area contributed by atoms with Crippen molar-refractivity contribution in [3.8, 4) is 0 Å². The van der Waals surface area contributed by atoms with Crippen molar-refractivity contribution in [3.05, 3.63) is 0 Å². The maximum atomic E-state index is 12.0. The average molecular weight is 298 g/mol. The van der Waals surface area contributed by atoms with Crippen molar-refractivity contribution in [2.24, 2.45) is 0 Å². The second-order valence-corrected chi connectivity index (χ2v) is 7.17. The highest BCUT2D eigenvalue weighted by Gasteiger charge is 2.35. The zero-order valence-corrected chi connectivity index (χ0v) is 12.1. The first-order chi connectivity index (χ1) is 8.51. The molecule has 106 valence electrons. The van der Waals surface area contributed by atoms with Gasteiger partial charge in [0, 0.05) is 13.0 Å². The van der Waals surface area contributed by atoms with Crippen LogP contribution in [-0.2, 0) is 19.4 Å². The molecule has 1 N–H and O–H groups in total. The number of carbonyl (C=O) groups excluding carboxylic acids is 1. The Balaban J connectivity index is 2.62. The van der Waals surface area contributed by atoms with Gasteiger partial charge < -0.3 is 10.1 Å². The molecular weight excluding hydrogens is 278 g/mol. The molecule has 1 aliphatic heterocycles. The van der Waals surface area contributed by atoms with Crippen LogP contribution in [0.1, 0.15) is 25.7 Å². The standard InChI is InChI=1S/C11H20ClNO4S/c1-17-8-9(5-6-12)13-11(14)10-4-2-3-7-18(10,15)16/h9-10H,2-8H2,1H3,(H,13,14). The maximum Gasteiger partial charge on any atom is 0.238 e. The Labute approximate surface area is 113 Å². The predicted octanol–water partition coefficient (Wildman–Crippen LogP) is 0.714. The maximum absolute atomic E-state index is 12.0. The third-order valence-electron chi connectivity index (χ3n) is 3.04. The number of sulfone groups is 1. The van der Waals surface area contributed by atoms with Gasteiger partial charge in [0.1, 0.15) is 5.25 Å². The summed E-state index contributed by atoms with van der Waals surface area (Å²) in [7, 11) is -1.75. The van der Waals surface area contributed by atoms with Gasteiger partial charge in [-0.3, -0.25) is 4.79 Å². The van der Waals surface area contributed by atoms with Crippen LogP contribution in [0.5, 0.6) is 0 Å². The number of hydrogen-bond acceptors (Lipinski definition) is 4. The quantitative estimate of drug-likeness (QED) is 0.733. The molecule has 18 heavy (non-hydrogen) atoms. The summed E-state index contributed by atoms with van der Waals surface area (Å²) in [5.74, 6) is 0.0863. The van der Waals surface area contributed by atoms with Gasteiger partial charge in [0.05, 0.1) is 18.4 Å². The number of rotatable bonds is 6. The SMILES string of the molecule is COCC(CCCl)NC(=O)C1CCCCS1(=O)=O. The third-order valence-corrected chi connectivity index (χ3v) is 5.44. The van der Waals surface area contributed by atoms with Crippen LogP contribution in [0, 0.1) is 0 Å². The zero-order chi connectivity index (χ0) is 13.6. The van der Waals surface area contributed by atoms with Crippen molar-refractivity contribution in [3.63, 3.8) is 0 Å². The van der Waals surface area contributed by atoms with Gasteiger partial charge in [0.25, 0.3) is 0 Å². The Hall–Kier alpha value is -0.330. The summed E-state index contributed by atoms with van der Waals surface area (Å²) >= 11 is 5.63. The first-order valence-electron chi connectivity index (χ1n) is 6.08. The Morgan fingerprint density at radius 2 is 2.22 bits per heavy atom. The fourth-order valence-corrected chi connectivity index (χ4v) is 4.15. The van der Waals surface area contributed by atoms with Crippen LogP contribution in [0.3, 0.4) is 0 Å². The molecule has 1 aliphatic rings. The van der Waals surface area contributed by atoms with Gasteiger partial charge in [-0.25, -0.2) is 8.42 Å². The summed E-state index contributed by atoms with van der Waals surface area (Å²) in [5, 5.41) is 1.81. The minimum absolute atomic E-state index is 0.107. The summed E-state index contributed by atoms with van der Waals surface area (Å²) in [6.45, 7) is 0.339. The molecule has 0 aromatic carbocycles. The lowest BCUT2D eigenvalue weighted by atomic mass is 10.1. The van der Waals surface area contributed by atoms with Gasteiger partial charge in [-0.15, -0.1) is 11.6 Å². The monoisotopic (exact) mass is 297 g/mol. The first-order valence-corrected chi connectivity index (χ1v) is 8.33. The molecule has 1 fully saturated rings. The summed E-state index contributed by atoms with van der Waals surface area (Å²) in [5.41, 5.74) is 0. The van der Waals surface area contributed by atoms with E-state index in [2.05, 4.69) is 5.32 Å². The van der Waals surface area contributed by atoms with E-state index in [9.17, 15) is 13.2 Å². The molecule has 0 aromatic heterocycles. The van der Waals surface area contributed by atoms with Crippen molar-refractivity contribution in [2.75, 3.05) is 25.3 Å². The van der Waals surface area contributed by atoms with E-state index in [1.807, 2.05) is 0 Å². The molecule has 5 nitrogen and oxygen atoms in total. The van der Waals surface area contributed by atoms with Crippen LogP contribution in [0.25, 0.3) is 0 Å². The normalized spacial score (nSPS) is 24.4. The van der Waals surface area contributed by atoms with E-state index < -0.39 is 21.0 Å². The molecule has 2 unspecified atom stereocenters. The van der Waals surface area contributed by atoms with Crippen LogP contribution in [0.2, 0.25) is 0 Å². The molecule has 0 radical (unpaired) electrons. The average Bonchev–Trinajstić information content (AvgIpc) is 2.28. The van der Waals surface area contributed by atoms with E-state index in [-0.39, 0.29) is 11.8 Å². The van der Waals surface area contributed by atoms with Crippen molar-refractivity contribution in [1.29, 1.82) is 0 Å². The molecule has 0 spiro atoms. The second kappa shape index (κ2) is 7.31. The van der Waals surface area contributed by atoms with Gasteiger partial charge in [-0.05, 0) is 19.3 Å². The molecule has 2 atom stereocenters. The second-order valence-electron chi connectivity index (χ2n) is 4.49. The topological polar surface area (TPSA) is 72.5 Å². The number of halogens is 1. The van der Waals surface area contributed by atoms with Gasteiger partial charge in [0.2, 0.25) is 5.91 Å². The lowest BCUT2D eigenvalue weighted by Crippen LogP contribution is -2.48. The van der Waals surface area contributed by atoms with Crippen LogP contribution >= 0.6 is 11.6 Å². The van der Waals surface area contributed by atoms with Gasteiger partial charge in [0.15, 0.2) is 9.84 Å². The van der Waals surface area contributed by atoms with Crippen LogP contribution < -0.4 is 5.32 Å². The minimum atomic E-state index is -3.28. The molecule has 0 saturated carbocycles. The third kappa shape index (κ3) is 4.40. The van der Waals surface area contributed by atoms with Crippen molar-refractivity contribution >= 4 is 27.3 Å². The Kier molecular flexibility index (Phi) is 6.38. The first kappa shape index (κ1) is 15.7. The largest absolute Gasteiger partial charge is 0.383 e. The van der Waals surface area contributed by atoms with Crippen LogP contribution in [0.15, 0.2) is 0 Å². The molecule has 0 bridgehead atoms. The minimum Gasteiger partial charge on any atom is -0.383 e. The number of carbonyl (C=O) groups is 1. The van der Waals surface area contributed by atoms with Gasteiger partial charge in [-0.1, -0.05) is 6.42 Å². The number of amides is 1. The number of nitrogens with one attached hydrogen (secondary N) is 1. The molecule has 1 amide bonds. The van der Waals surface area contributed by atoms with Gasteiger partial charge >= 0.3 is 0 Å². The summed E-state index contributed by atoms with van der Waals surface area (Å²) in [6, 6.07) is -0.225. The fourth-order valence-electron chi connectivity index (χ4n) is 2.07. The number of hydrogen-bond donors (Lipinski definition) is 1. The Bertz CT molecular complexity index is 365. The summed E-state index contributed by atoms with van der Waals surface area (Å²) < 4.78 is 28.6. The Morgan fingerprint density at radius 1 is 1.50 bits per heavy atom. The molecule has 1 rings (SSSR count). The highest BCUT2D eigenvalue weighted by Crippen LogP contribution is 2.19. The van der Waals surface area contributed by atoms with Crippen LogP contribution in [-0.4, -0.2) is 51.0 Å². The van der Waals surface area contributed by atoms with Crippen LogP contribution in [0.4, 0.5) is 0 Å². The van der Waals surface area contributed by atoms with E-state index in [4.69, 9.17) is 16.3 Å². The molecular formula is C11H20ClNO4S. The lowest BCUT2D eigenvalue weighted by molar-refractivity contribution is -0.122. The van der Waals surface area contributed by atoms with E-state index in [0.717, 1.165) is 6.42 Å². The predicted molar refractivity (Wildman–Crippen MR) is 70.6 cm³/mol. The van der Waals surface area contributed by atoms with Gasteiger partial charge in [-0.2, -0.15) is 0 Å². The van der Waals surface area contributed by atoms with E-state index in [1.54, 1.807) is 0 Å². The van der Waals surface area contributed by atoms with Crippen molar-refractivity contribution < 1.29 is 17.9 Å². The fraction of sp³-hybridized carbons (Fsp3) is 0.909. The molecule has 7 heteroatoms. The molecule has 0 aromatic rings. The number of methoxy groups -OCH3 is 1. The van der Waals surface area contributed by atoms with E-state index in [0.29, 0.717) is 31.7 Å². The highest BCUT2D eigenvalue weighted by atomic mass is 35.5. The number of alkyl halides is 1. The summed E-state index contributed by atoms with van der Waals surface area (Å²) in [4.78, 5) is 12.0. The lowest BCUT2D eigenvalue weighted by Gasteiger charge is -2.24. The highest BCUT2D eigenvalue weighted by molar-refractivity contribution is 7.92. The smallest absolute Gasteiger partial charge is 0.238 e. The van der Waals surface area contributed by atoms with E-state index in [1.165, 1.54) is 7.11 Å². The number of ether oxygens (including phenoxy) is 1. The Morgan fingerprint density at radius 3 is 2.78 bits per heavy atom. The van der Waals surface area contributed by atoms with Crippen molar-refractivity contribution in [2.45, 2.75) is 37.0 Å². The van der Waals surface area contributed by atoms with Crippen molar-refractivity contribution in [1.82, 2.24) is 5.32 Å². The summed E-state index contributed by atoms with van der Waals surface area (Å²) in [6.07, 6.45) is 2.40. The molecule has 1 heterocycles. The molecule has 0 aliphatic carbocycles.